The van der Waals surface area contributed by atoms with Crippen molar-refractivity contribution in [1.82, 2.24) is 4.90 Å². The zero-order chi connectivity index (χ0) is 18.8. The van der Waals surface area contributed by atoms with Crippen LogP contribution in [0.3, 0.4) is 0 Å². The van der Waals surface area contributed by atoms with E-state index in [1.165, 1.54) is 24.3 Å². The highest BCUT2D eigenvalue weighted by molar-refractivity contribution is 7.99. The summed E-state index contributed by atoms with van der Waals surface area (Å²) in [4.78, 5) is 24.1. The van der Waals surface area contributed by atoms with Crippen molar-refractivity contribution >= 4 is 29.4 Å². The van der Waals surface area contributed by atoms with Gasteiger partial charge in [-0.2, -0.15) is 22.0 Å². The third-order valence-electron chi connectivity index (χ3n) is 3.68. The number of rotatable bonds is 4. The highest BCUT2D eigenvalue weighted by Crippen LogP contribution is 2.38. The van der Waals surface area contributed by atoms with E-state index in [0.29, 0.717) is 11.8 Å². The zero-order valence-electron chi connectivity index (χ0n) is 12.5. The quantitative estimate of drug-likeness (QED) is 0.613. The number of urea groups is 1. The molecule has 0 spiro atoms. The molecule has 138 valence electrons. The van der Waals surface area contributed by atoms with E-state index in [1.54, 1.807) is 0 Å². The fourth-order valence-electron chi connectivity index (χ4n) is 2.47. The van der Waals surface area contributed by atoms with Crippen molar-refractivity contribution in [2.45, 2.75) is 16.8 Å². The Morgan fingerprint density at radius 2 is 1.80 bits per heavy atom. The van der Waals surface area contributed by atoms with Gasteiger partial charge in [-0.05, 0) is 24.3 Å². The smallest absolute Gasteiger partial charge is 0.394 e. The van der Waals surface area contributed by atoms with E-state index in [0.717, 1.165) is 4.90 Å². The number of likely N-dealkylation sites (tertiary alicyclic amines) is 1. The van der Waals surface area contributed by atoms with Crippen LogP contribution in [0.25, 0.3) is 0 Å². The molecule has 0 bridgehead atoms. The second kappa shape index (κ2) is 7.46. The average Bonchev–Trinajstić information content (AvgIpc) is 2.94. The number of benzene rings is 1. The summed E-state index contributed by atoms with van der Waals surface area (Å²) in [6, 6.07) is 4.43. The molecule has 0 saturated carbocycles. The number of carboxylic acid groups (broad SMARTS) is 1. The van der Waals surface area contributed by atoms with Gasteiger partial charge >= 0.3 is 18.2 Å². The molecule has 2 atom stereocenters. The van der Waals surface area contributed by atoms with Gasteiger partial charge in [-0.15, -0.1) is 0 Å². The summed E-state index contributed by atoms with van der Waals surface area (Å²) in [5.74, 6) is -8.08. The molecule has 1 aromatic rings. The van der Waals surface area contributed by atoms with Gasteiger partial charge in [-0.3, -0.25) is 4.79 Å². The predicted molar refractivity (Wildman–Crippen MR) is 79.6 cm³/mol. The Hall–Kier alpha value is -2.04. The average molecular weight is 384 g/mol. The van der Waals surface area contributed by atoms with E-state index in [2.05, 4.69) is 5.32 Å². The van der Waals surface area contributed by atoms with E-state index >= 15 is 0 Å². The van der Waals surface area contributed by atoms with Gasteiger partial charge in [0.2, 0.25) is 0 Å². The van der Waals surface area contributed by atoms with Crippen LogP contribution in [0.2, 0.25) is 0 Å². The maximum absolute atomic E-state index is 12.9. The SMILES string of the molecule is O=C(O)[C@@H]1CN(C(=O)Nc2ccc(SC(F)F)cc2)C[C@H]1C(F)(F)F. The molecule has 1 aliphatic heterocycles. The number of halogens is 5. The number of carboxylic acids is 1. The Morgan fingerprint density at radius 1 is 1.20 bits per heavy atom. The van der Waals surface area contributed by atoms with Crippen molar-refractivity contribution in [3.8, 4) is 0 Å². The fraction of sp³-hybridized carbons (Fsp3) is 0.429. The monoisotopic (exact) mass is 384 g/mol. The van der Waals surface area contributed by atoms with E-state index in [4.69, 9.17) is 5.11 Å². The zero-order valence-corrected chi connectivity index (χ0v) is 13.3. The number of carbonyl (C=O) groups excluding carboxylic acids is 1. The number of anilines is 1. The Kier molecular flexibility index (Phi) is 5.76. The second-order valence-corrected chi connectivity index (χ2v) is 6.39. The van der Waals surface area contributed by atoms with Crippen LogP contribution in [0.5, 0.6) is 0 Å². The predicted octanol–water partition coefficient (Wildman–Crippen LogP) is 3.73. The van der Waals surface area contributed by atoms with Gasteiger partial charge in [0, 0.05) is 23.7 Å². The highest BCUT2D eigenvalue weighted by atomic mass is 32.2. The number of hydrogen-bond donors (Lipinski definition) is 2. The van der Waals surface area contributed by atoms with Gasteiger partial charge in [0.05, 0.1) is 11.8 Å². The van der Waals surface area contributed by atoms with Gasteiger partial charge < -0.3 is 15.3 Å². The minimum atomic E-state index is -4.73. The van der Waals surface area contributed by atoms with E-state index < -0.39 is 48.9 Å². The summed E-state index contributed by atoms with van der Waals surface area (Å²) < 4.78 is 63.1. The molecule has 2 amide bonds. The summed E-state index contributed by atoms with van der Waals surface area (Å²) in [6.07, 6.45) is -4.73. The number of hydrogen-bond acceptors (Lipinski definition) is 3. The van der Waals surface area contributed by atoms with E-state index in [-0.39, 0.29) is 10.6 Å². The summed E-state index contributed by atoms with van der Waals surface area (Å²) in [5, 5.41) is 11.2. The molecular formula is C14H13F5N2O3S. The first-order valence-corrected chi connectivity index (χ1v) is 7.86. The van der Waals surface area contributed by atoms with Crippen molar-refractivity contribution in [3.63, 3.8) is 0 Å². The molecule has 0 aromatic heterocycles. The number of aliphatic carboxylic acids is 1. The number of carbonyl (C=O) groups is 2. The van der Waals surface area contributed by atoms with Crippen molar-refractivity contribution in [2.75, 3.05) is 18.4 Å². The maximum atomic E-state index is 12.9. The minimum absolute atomic E-state index is 0.200. The largest absolute Gasteiger partial charge is 0.481 e. The van der Waals surface area contributed by atoms with Crippen LogP contribution in [0.1, 0.15) is 0 Å². The van der Waals surface area contributed by atoms with Crippen LogP contribution < -0.4 is 5.32 Å². The lowest BCUT2D eigenvalue weighted by Crippen LogP contribution is -2.35. The summed E-state index contributed by atoms with van der Waals surface area (Å²) >= 11 is 0.311. The van der Waals surface area contributed by atoms with Crippen LogP contribution in [0.15, 0.2) is 29.2 Å². The van der Waals surface area contributed by atoms with Crippen molar-refractivity contribution < 1.29 is 36.6 Å². The molecule has 1 aromatic carbocycles. The third-order valence-corrected chi connectivity index (χ3v) is 4.40. The Balaban J connectivity index is 2.02. The lowest BCUT2D eigenvalue weighted by Gasteiger charge is -2.18. The number of nitrogens with zero attached hydrogens (tertiary/aromatic N) is 1. The van der Waals surface area contributed by atoms with Gasteiger partial charge in [0.25, 0.3) is 5.76 Å². The van der Waals surface area contributed by atoms with Gasteiger partial charge in [-0.25, -0.2) is 4.79 Å². The van der Waals surface area contributed by atoms with E-state index in [9.17, 15) is 31.5 Å². The number of thioether (sulfide) groups is 1. The maximum Gasteiger partial charge on any atom is 0.394 e. The molecule has 1 heterocycles. The summed E-state index contributed by atoms with van der Waals surface area (Å²) in [7, 11) is 0. The highest BCUT2D eigenvalue weighted by Gasteiger charge is 2.53. The molecule has 0 radical (unpaired) electrons. The Bertz CT molecular complexity index is 638. The lowest BCUT2D eigenvalue weighted by molar-refractivity contribution is -0.187. The summed E-state index contributed by atoms with van der Waals surface area (Å²) in [5.41, 5.74) is 0.200. The minimum Gasteiger partial charge on any atom is -0.481 e. The first-order chi connectivity index (χ1) is 11.6. The molecule has 0 unspecified atom stereocenters. The number of amides is 2. The molecule has 2 rings (SSSR count). The lowest BCUT2D eigenvalue weighted by atomic mass is 9.96. The molecule has 11 heteroatoms. The molecule has 1 saturated heterocycles. The topological polar surface area (TPSA) is 69.6 Å². The first-order valence-electron chi connectivity index (χ1n) is 6.98. The number of alkyl halides is 5. The molecule has 25 heavy (non-hydrogen) atoms. The van der Waals surface area contributed by atoms with Gasteiger partial charge in [0.1, 0.15) is 0 Å². The third kappa shape index (κ3) is 4.97. The van der Waals surface area contributed by atoms with Crippen LogP contribution >= 0.6 is 11.8 Å². The van der Waals surface area contributed by atoms with Crippen LogP contribution in [0.4, 0.5) is 32.4 Å². The van der Waals surface area contributed by atoms with Crippen LogP contribution in [-0.4, -0.2) is 47.0 Å². The van der Waals surface area contributed by atoms with Gasteiger partial charge in [-0.1, -0.05) is 11.8 Å². The Labute approximate surface area is 143 Å². The molecule has 5 nitrogen and oxygen atoms in total. The van der Waals surface area contributed by atoms with Gasteiger partial charge in [0.15, 0.2) is 0 Å². The van der Waals surface area contributed by atoms with Crippen molar-refractivity contribution in [1.29, 1.82) is 0 Å². The summed E-state index contributed by atoms with van der Waals surface area (Å²) in [6.45, 7) is -1.32. The molecular weight excluding hydrogens is 371 g/mol. The molecule has 1 fully saturated rings. The van der Waals surface area contributed by atoms with E-state index in [1.807, 2.05) is 0 Å². The van der Waals surface area contributed by atoms with Crippen LogP contribution in [-0.2, 0) is 4.79 Å². The normalized spacial score (nSPS) is 20.8. The fourth-order valence-corrected chi connectivity index (χ4v) is 2.97. The number of nitrogens with one attached hydrogen (secondary N) is 1. The standard InChI is InChI=1S/C14H13F5N2O3S/c15-12(16)25-8-3-1-7(2-4-8)20-13(24)21-5-9(11(22)23)10(6-21)14(17,18)19/h1-4,9-10,12H,5-6H2,(H,20,24)(H,22,23)/t9-,10-/m1/s1. The Morgan fingerprint density at radius 3 is 2.24 bits per heavy atom. The van der Waals surface area contributed by atoms with Crippen LogP contribution in [0, 0.1) is 11.8 Å². The first kappa shape index (κ1) is 19.3. The van der Waals surface area contributed by atoms with Crippen molar-refractivity contribution in [2.24, 2.45) is 11.8 Å². The molecule has 2 N–H and O–H groups in total. The molecule has 1 aliphatic rings. The second-order valence-electron chi connectivity index (χ2n) is 5.33. The van der Waals surface area contributed by atoms with Crippen molar-refractivity contribution in [3.05, 3.63) is 24.3 Å². The molecule has 0 aliphatic carbocycles.